The number of hydrogen-bond donors (Lipinski definition) is 2. The normalized spacial score (nSPS) is 15.6. The van der Waals surface area contributed by atoms with Crippen LogP contribution in [0.25, 0.3) is 0 Å². The summed E-state index contributed by atoms with van der Waals surface area (Å²) in [5.41, 5.74) is 2.91. The number of carbonyl (C=O) groups excluding carboxylic acids is 2. The van der Waals surface area contributed by atoms with Gasteiger partial charge in [0.25, 0.3) is 5.91 Å². The maximum Gasteiger partial charge on any atom is 0.407 e. The van der Waals surface area contributed by atoms with E-state index in [0.717, 1.165) is 24.0 Å². The molecule has 160 valence electrons. The monoisotopic (exact) mass is 410 g/mol. The molecule has 6 heteroatoms. The molecule has 1 atom stereocenters. The first-order valence-corrected chi connectivity index (χ1v) is 10.3. The van der Waals surface area contributed by atoms with Gasteiger partial charge in [-0.25, -0.2) is 4.79 Å². The molecule has 2 N–H and O–H groups in total. The highest BCUT2D eigenvalue weighted by Crippen LogP contribution is 2.26. The van der Waals surface area contributed by atoms with Crippen molar-refractivity contribution in [2.24, 2.45) is 0 Å². The Labute approximate surface area is 178 Å². The van der Waals surface area contributed by atoms with Crippen LogP contribution in [0.4, 0.5) is 4.79 Å². The summed E-state index contributed by atoms with van der Waals surface area (Å²) < 4.78 is 11.0. The van der Waals surface area contributed by atoms with Gasteiger partial charge >= 0.3 is 6.09 Å². The zero-order chi connectivity index (χ0) is 21.6. The van der Waals surface area contributed by atoms with Crippen LogP contribution in [0.3, 0.4) is 0 Å². The largest absolute Gasteiger partial charge is 0.484 e. The number of aryl methyl sites for hydroxylation is 1. The Kier molecular flexibility index (Phi) is 6.98. The predicted molar refractivity (Wildman–Crippen MR) is 115 cm³/mol. The van der Waals surface area contributed by atoms with E-state index in [0.29, 0.717) is 18.7 Å². The lowest BCUT2D eigenvalue weighted by molar-refractivity contribution is -0.123. The van der Waals surface area contributed by atoms with Crippen molar-refractivity contribution in [1.82, 2.24) is 10.6 Å². The van der Waals surface area contributed by atoms with Crippen LogP contribution >= 0.6 is 0 Å². The molecule has 30 heavy (non-hydrogen) atoms. The smallest absolute Gasteiger partial charge is 0.407 e. The van der Waals surface area contributed by atoms with Crippen LogP contribution in [0.15, 0.2) is 48.5 Å². The van der Waals surface area contributed by atoms with Crippen molar-refractivity contribution in [2.45, 2.75) is 58.2 Å². The van der Waals surface area contributed by atoms with E-state index in [1.165, 1.54) is 5.56 Å². The second kappa shape index (κ2) is 9.65. The number of rotatable bonds is 6. The standard InChI is InChI=1S/C24H30N2O4/c1-24(2,3)30-23(28)26-20-11-9-18-10-12-21(14-19(18)13-20)29-16-22(27)25-15-17-7-5-4-6-8-17/h4-8,10,12,14,20H,9,11,13,15-16H2,1-3H3,(H,25,27)(H,26,28). The summed E-state index contributed by atoms with van der Waals surface area (Å²) in [6, 6.07) is 15.7. The van der Waals surface area contributed by atoms with Crippen molar-refractivity contribution < 1.29 is 19.1 Å². The first-order chi connectivity index (χ1) is 14.3. The molecule has 2 amide bonds. The molecule has 0 aromatic heterocycles. The fourth-order valence-electron chi connectivity index (χ4n) is 3.42. The molecule has 0 fully saturated rings. The highest BCUT2D eigenvalue weighted by Gasteiger charge is 2.23. The summed E-state index contributed by atoms with van der Waals surface area (Å²) in [6.45, 7) is 5.99. The maximum absolute atomic E-state index is 12.1. The lowest BCUT2D eigenvalue weighted by Gasteiger charge is -2.27. The van der Waals surface area contributed by atoms with Crippen molar-refractivity contribution in [2.75, 3.05) is 6.61 Å². The minimum absolute atomic E-state index is 0.0248. The van der Waals surface area contributed by atoms with Gasteiger partial charge in [0.1, 0.15) is 11.4 Å². The molecule has 0 spiro atoms. The highest BCUT2D eigenvalue weighted by atomic mass is 16.6. The molecule has 2 aromatic rings. The van der Waals surface area contributed by atoms with E-state index < -0.39 is 11.7 Å². The van der Waals surface area contributed by atoms with Crippen molar-refractivity contribution in [3.63, 3.8) is 0 Å². The van der Waals surface area contributed by atoms with Crippen molar-refractivity contribution in [1.29, 1.82) is 0 Å². The van der Waals surface area contributed by atoms with Crippen LogP contribution < -0.4 is 15.4 Å². The average Bonchev–Trinajstić information content (AvgIpc) is 2.69. The lowest BCUT2D eigenvalue weighted by atomic mass is 9.88. The molecule has 1 aliphatic rings. The summed E-state index contributed by atoms with van der Waals surface area (Å²) >= 11 is 0. The van der Waals surface area contributed by atoms with E-state index in [1.54, 1.807) is 0 Å². The first kappa shape index (κ1) is 21.7. The Morgan fingerprint density at radius 3 is 2.57 bits per heavy atom. The number of ether oxygens (including phenoxy) is 2. The third kappa shape index (κ3) is 6.79. The molecule has 0 saturated carbocycles. The summed E-state index contributed by atoms with van der Waals surface area (Å²) in [5.74, 6) is 0.488. The van der Waals surface area contributed by atoms with Gasteiger partial charge in [0.2, 0.25) is 0 Å². The Morgan fingerprint density at radius 2 is 1.83 bits per heavy atom. The maximum atomic E-state index is 12.1. The van der Waals surface area contributed by atoms with E-state index in [4.69, 9.17) is 9.47 Å². The quantitative estimate of drug-likeness (QED) is 0.760. The van der Waals surface area contributed by atoms with Gasteiger partial charge in [-0.15, -0.1) is 0 Å². The first-order valence-electron chi connectivity index (χ1n) is 10.3. The minimum atomic E-state index is -0.515. The fraction of sp³-hybridized carbons (Fsp3) is 0.417. The number of alkyl carbamates (subject to hydrolysis) is 1. The number of benzene rings is 2. The van der Waals surface area contributed by atoms with Crippen LogP contribution in [-0.4, -0.2) is 30.3 Å². The number of hydrogen-bond acceptors (Lipinski definition) is 4. The van der Waals surface area contributed by atoms with Crippen LogP contribution in [0.1, 0.15) is 43.9 Å². The summed E-state index contributed by atoms with van der Waals surface area (Å²) in [6.07, 6.45) is 2.08. The SMILES string of the molecule is CC(C)(C)OC(=O)NC1CCc2ccc(OCC(=O)NCc3ccccc3)cc2C1. The van der Waals surface area contributed by atoms with Crippen LogP contribution in [0.5, 0.6) is 5.75 Å². The highest BCUT2D eigenvalue weighted by molar-refractivity contribution is 5.77. The Hall–Kier alpha value is -3.02. The number of fused-ring (bicyclic) bond motifs is 1. The molecule has 0 bridgehead atoms. The van der Waals surface area contributed by atoms with Crippen molar-refractivity contribution in [3.05, 3.63) is 65.2 Å². The number of nitrogens with one attached hydrogen (secondary N) is 2. The molecule has 0 saturated heterocycles. The predicted octanol–water partition coefficient (Wildman–Crippen LogP) is 3.76. The molecule has 3 rings (SSSR count). The van der Waals surface area contributed by atoms with Crippen LogP contribution in [0, 0.1) is 0 Å². The van der Waals surface area contributed by atoms with Gasteiger partial charge in [-0.05, 0) is 68.9 Å². The van der Waals surface area contributed by atoms with Crippen LogP contribution in [-0.2, 0) is 28.9 Å². The third-order valence-corrected chi connectivity index (χ3v) is 4.83. The lowest BCUT2D eigenvalue weighted by Crippen LogP contribution is -2.41. The zero-order valence-electron chi connectivity index (χ0n) is 17.9. The molecule has 0 heterocycles. The average molecular weight is 411 g/mol. The van der Waals surface area contributed by atoms with Gasteiger partial charge in [-0.1, -0.05) is 36.4 Å². The van der Waals surface area contributed by atoms with Crippen LogP contribution in [0.2, 0.25) is 0 Å². The summed E-state index contributed by atoms with van der Waals surface area (Å²) in [5, 5.41) is 5.81. The third-order valence-electron chi connectivity index (χ3n) is 4.83. The molecular weight excluding hydrogens is 380 g/mol. The summed E-state index contributed by atoms with van der Waals surface area (Å²) in [4.78, 5) is 24.1. The number of amides is 2. The second-order valence-electron chi connectivity index (χ2n) is 8.57. The van der Waals surface area contributed by atoms with Gasteiger partial charge in [0.15, 0.2) is 6.61 Å². The Balaban J connectivity index is 1.49. The van der Waals surface area contributed by atoms with E-state index in [9.17, 15) is 9.59 Å². The molecule has 0 radical (unpaired) electrons. The van der Waals surface area contributed by atoms with Gasteiger partial charge in [-0.2, -0.15) is 0 Å². The molecule has 6 nitrogen and oxygen atoms in total. The molecule has 0 aliphatic heterocycles. The molecular formula is C24H30N2O4. The van der Waals surface area contributed by atoms with Crippen molar-refractivity contribution in [3.8, 4) is 5.75 Å². The van der Waals surface area contributed by atoms with Gasteiger partial charge in [0, 0.05) is 12.6 Å². The minimum Gasteiger partial charge on any atom is -0.484 e. The van der Waals surface area contributed by atoms with E-state index in [2.05, 4.69) is 10.6 Å². The fourth-order valence-corrected chi connectivity index (χ4v) is 3.42. The number of carbonyl (C=O) groups is 2. The molecule has 1 aliphatic carbocycles. The van der Waals surface area contributed by atoms with Crippen molar-refractivity contribution >= 4 is 12.0 Å². The molecule has 1 unspecified atom stereocenters. The molecule has 2 aromatic carbocycles. The van der Waals surface area contributed by atoms with E-state index in [1.807, 2.05) is 69.3 Å². The van der Waals surface area contributed by atoms with E-state index in [-0.39, 0.29) is 18.6 Å². The topological polar surface area (TPSA) is 76.7 Å². The van der Waals surface area contributed by atoms with E-state index >= 15 is 0 Å². The zero-order valence-corrected chi connectivity index (χ0v) is 17.9. The van der Waals surface area contributed by atoms with Gasteiger partial charge in [-0.3, -0.25) is 4.79 Å². The second-order valence-corrected chi connectivity index (χ2v) is 8.57. The van der Waals surface area contributed by atoms with Gasteiger partial charge in [0.05, 0.1) is 0 Å². The Morgan fingerprint density at radius 1 is 1.07 bits per heavy atom. The Bertz CT molecular complexity index is 875. The summed E-state index contributed by atoms with van der Waals surface area (Å²) in [7, 11) is 0. The van der Waals surface area contributed by atoms with Gasteiger partial charge < -0.3 is 20.1 Å².